The number of carbonyl (C=O) groups is 1. The van der Waals surface area contributed by atoms with E-state index in [2.05, 4.69) is 11.9 Å². The van der Waals surface area contributed by atoms with Gasteiger partial charge in [0.1, 0.15) is 5.82 Å². The summed E-state index contributed by atoms with van der Waals surface area (Å²) in [6.07, 6.45) is 9.34. The number of nitrogens with zero attached hydrogens (tertiary/aromatic N) is 1. The average Bonchev–Trinajstić information content (AvgIpc) is 2.70. The molecule has 0 spiro atoms. The lowest BCUT2D eigenvalue weighted by Gasteiger charge is -2.34. The van der Waals surface area contributed by atoms with E-state index < -0.39 is 0 Å². The van der Waals surface area contributed by atoms with Gasteiger partial charge < -0.3 is 15.0 Å². The first-order valence-electron chi connectivity index (χ1n) is 10.1. The van der Waals surface area contributed by atoms with Gasteiger partial charge in [0.2, 0.25) is 0 Å². The smallest absolute Gasteiger partial charge is 0.253 e. The van der Waals surface area contributed by atoms with Crippen LogP contribution in [0.1, 0.15) is 55.3 Å². The summed E-state index contributed by atoms with van der Waals surface area (Å²) in [5, 5.41) is 3.39. The van der Waals surface area contributed by atoms with Crippen LogP contribution in [0, 0.1) is 5.82 Å². The van der Waals surface area contributed by atoms with Gasteiger partial charge >= 0.3 is 0 Å². The van der Waals surface area contributed by atoms with Crippen molar-refractivity contribution in [2.45, 2.75) is 57.1 Å². The van der Waals surface area contributed by atoms with Gasteiger partial charge in [0.05, 0.1) is 6.10 Å². The van der Waals surface area contributed by atoms with Crippen LogP contribution in [0.15, 0.2) is 36.9 Å². The summed E-state index contributed by atoms with van der Waals surface area (Å²) in [5.41, 5.74) is 0.541. The maximum absolute atomic E-state index is 13.0. The van der Waals surface area contributed by atoms with E-state index in [0.29, 0.717) is 11.7 Å². The highest BCUT2D eigenvalue weighted by Crippen LogP contribution is 2.25. The van der Waals surface area contributed by atoms with E-state index in [1.54, 1.807) is 17.0 Å². The number of carbonyl (C=O) groups excluding carboxylic acids is 1. The van der Waals surface area contributed by atoms with Crippen LogP contribution in [0.25, 0.3) is 0 Å². The first kappa shape index (κ1) is 21.6. The van der Waals surface area contributed by atoms with Crippen LogP contribution in [0.3, 0.4) is 0 Å². The quantitative estimate of drug-likeness (QED) is 0.465. The van der Waals surface area contributed by atoms with E-state index in [1.807, 2.05) is 13.1 Å². The number of nitrogens with one attached hydrogen (secondary N) is 1. The van der Waals surface area contributed by atoms with Gasteiger partial charge in [-0.1, -0.05) is 6.08 Å². The zero-order valence-electron chi connectivity index (χ0n) is 16.5. The van der Waals surface area contributed by atoms with Crippen LogP contribution in [0.2, 0.25) is 0 Å². The fourth-order valence-corrected chi connectivity index (χ4v) is 3.49. The summed E-state index contributed by atoms with van der Waals surface area (Å²) < 4.78 is 19.0. The zero-order valence-corrected chi connectivity index (χ0v) is 16.5. The Bertz CT molecular complexity index is 568. The van der Waals surface area contributed by atoms with Crippen molar-refractivity contribution in [3.05, 3.63) is 48.3 Å². The van der Waals surface area contributed by atoms with Crippen LogP contribution in [0.5, 0.6) is 0 Å². The van der Waals surface area contributed by atoms with Crippen LogP contribution >= 0.6 is 0 Å². The molecule has 4 nitrogen and oxygen atoms in total. The highest BCUT2D eigenvalue weighted by Gasteiger charge is 2.27. The van der Waals surface area contributed by atoms with E-state index in [-0.39, 0.29) is 17.8 Å². The number of rotatable bonds is 11. The molecule has 5 heteroatoms. The fraction of sp³-hybridized carbons (Fsp3) is 0.591. The maximum Gasteiger partial charge on any atom is 0.253 e. The summed E-state index contributed by atoms with van der Waals surface area (Å²) in [6, 6.07) is 6.00. The summed E-state index contributed by atoms with van der Waals surface area (Å²) in [5.74, 6) is -0.359. The fourth-order valence-electron chi connectivity index (χ4n) is 3.49. The monoisotopic (exact) mass is 376 g/mol. The van der Waals surface area contributed by atoms with Gasteiger partial charge in [-0.2, -0.15) is 0 Å². The molecule has 0 saturated heterocycles. The molecule has 0 radical (unpaired) electrons. The number of unbranched alkanes of at least 4 members (excludes halogenated alkanes) is 1. The van der Waals surface area contributed by atoms with Crippen molar-refractivity contribution in [2.24, 2.45) is 0 Å². The maximum atomic E-state index is 13.0. The topological polar surface area (TPSA) is 41.6 Å². The molecule has 0 heterocycles. The Morgan fingerprint density at radius 3 is 2.59 bits per heavy atom. The summed E-state index contributed by atoms with van der Waals surface area (Å²) in [7, 11) is 1.84. The molecular formula is C22H33FN2O2. The molecule has 27 heavy (non-hydrogen) atoms. The molecule has 1 saturated carbocycles. The lowest BCUT2D eigenvalue weighted by atomic mass is 9.91. The second kappa shape index (κ2) is 11.9. The minimum Gasteiger partial charge on any atom is -0.378 e. The van der Waals surface area contributed by atoms with E-state index in [9.17, 15) is 9.18 Å². The van der Waals surface area contributed by atoms with Gasteiger partial charge in [0.25, 0.3) is 5.91 Å². The molecule has 1 amide bonds. The minimum atomic E-state index is -0.320. The Morgan fingerprint density at radius 1 is 1.22 bits per heavy atom. The molecule has 1 aromatic carbocycles. The average molecular weight is 377 g/mol. The Balaban J connectivity index is 1.61. The molecular weight excluding hydrogens is 343 g/mol. The number of amides is 1. The molecule has 2 rings (SSSR count). The van der Waals surface area contributed by atoms with Crippen molar-refractivity contribution in [3.8, 4) is 0 Å². The molecule has 0 bridgehead atoms. The number of hydrogen-bond acceptors (Lipinski definition) is 3. The van der Waals surface area contributed by atoms with Gasteiger partial charge in [0.15, 0.2) is 0 Å². The largest absolute Gasteiger partial charge is 0.378 e. The molecule has 0 aromatic heterocycles. The normalized spacial score (nSPS) is 19.6. The molecule has 1 fully saturated rings. The molecule has 150 valence electrons. The zero-order chi connectivity index (χ0) is 19.5. The minimum absolute atomic E-state index is 0.0386. The van der Waals surface area contributed by atoms with Crippen molar-refractivity contribution in [2.75, 3.05) is 26.7 Å². The molecule has 1 aliphatic carbocycles. The lowest BCUT2D eigenvalue weighted by molar-refractivity contribution is 0.00929. The summed E-state index contributed by atoms with van der Waals surface area (Å²) >= 11 is 0. The van der Waals surface area contributed by atoms with Crippen molar-refractivity contribution in [3.63, 3.8) is 0 Å². The van der Waals surface area contributed by atoms with E-state index in [1.165, 1.54) is 12.1 Å². The third kappa shape index (κ3) is 7.43. The first-order valence-corrected chi connectivity index (χ1v) is 10.1. The summed E-state index contributed by atoms with van der Waals surface area (Å²) in [6.45, 7) is 6.54. The molecule has 0 atom stereocenters. The molecule has 1 aromatic rings. The third-order valence-corrected chi connectivity index (χ3v) is 5.23. The highest BCUT2D eigenvalue weighted by atomic mass is 19.1. The van der Waals surface area contributed by atoms with Crippen molar-refractivity contribution in [1.82, 2.24) is 10.2 Å². The Morgan fingerprint density at radius 2 is 1.93 bits per heavy atom. The van der Waals surface area contributed by atoms with Crippen molar-refractivity contribution < 1.29 is 13.9 Å². The van der Waals surface area contributed by atoms with Gasteiger partial charge in [-0.15, -0.1) is 6.58 Å². The number of benzene rings is 1. The number of ether oxygens (including phenoxy) is 1. The molecule has 1 aliphatic rings. The van der Waals surface area contributed by atoms with Gasteiger partial charge in [0, 0.05) is 25.3 Å². The Hall–Kier alpha value is -1.72. The molecule has 1 N–H and O–H groups in total. The predicted octanol–water partition coefficient (Wildman–Crippen LogP) is 4.17. The van der Waals surface area contributed by atoms with Crippen LogP contribution in [0.4, 0.5) is 4.39 Å². The van der Waals surface area contributed by atoms with Crippen LogP contribution in [-0.4, -0.2) is 49.7 Å². The predicted molar refractivity (Wildman–Crippen MR) is 107 cm³/mol. The second-order valence-electron chi connectivity index (χ2n) is 7.26. The highest BCUT2D eigenvalue weighted by molar-refractivity contribution is 5.94. The lowest BCUT2D eigenvalue weighted by Crippen LogP contribution is -2.40. The third-order valence-electron chi connectivity index (χ3n) is 5.23. The van der Waals surface area contributed by atoms with Crippen LogP contribution < -0.4 is 5.32 Å². The van der Waals surface area contributed by atoms with Gasteiger partial charge in [-0.3, -0.25) is 4.79 Å². The van der Waals surface area contributed by atoms with E-state index in [4.69, 9.17) is 4.74 Å². The summed E-state index contributed by atoms with van der Waals surface area (Å²) in [4.78, 5) is 14.3. The molecule has 0 aliphatic heterocycles. The van der Waals surface area contributed by atoms with Gasteiger partial charge in [-0.25, -0.2) is 4.39 Å². The van der Waals surface area contributed by atoms with E-state index in [0.717, 1.165) is 64.6 Å². The van der Waals surface area contributed by atoms with Crippen molar-refractivity contribution >= 4 is 5.91 Å². The number of halogens is 1. The van der Waals surface area contributed by atoms with Crippen LogP contribution in [-0.2, 0) is 4.74 Å². The SMILES string of the molecule is C=CCCNCCCCO[C@H]1CC[C@H](N(C)C(=O)c2ccc(F)cc2)CC1. The van der Waals surface area contributed by atoms with Crippen molar-refractivity contribution in [1.29, 1.82) is 0 Å². The van der Waals surface area contributed by atoms with E-state index >= 15 is 0 Å². The molecule has 0 unspecified atom stereocenters. The Kier molecular flexibility index (Phi) is 9.50. The number of hydrogen-bond donors (Lipinski definition) is 1. The van der Waals surface area contributed by atoms with Gasteiger partial charge in [-0.05, 0) is 82.3 Å². The standard InChI is InChI=1S/C22H33FN2O2/c1-3-4-15-24-16-5-6-17-27-21-13-11-20(12-14-21)25(2)22(26)18-7-9-19(23)10-8-18/h3,7-10,20-21,24H,1,4-6,11-17H2,2H3/t20-,21-. The Labute approximate surface area is 162 Å². The second-order valence-corrected chi connectivity index (χ2v) is 7.26. The first-order chi connectivity index (χ1) is 13.1.